The smallest absolute Gasteiger partial charge is 0.234 e. The van der Waals surface area contributed by atoms with Gasteiger partial charge in [0.05, 0.1) is 6.54 Å². The van der Waals surface area contributed by atoms with Crippen LogP contribution in [0.1, 0.15) is 18.4 Å². The van der Waals surface area contributed by atoms with Gasteiger partial charge in [-0.2, -0.15) is 0 Å². The Labute approximate surface area is 94.0 Å². The van der Waals surface area contributed by atoms with Gasteiger partial charge in [-0.25, -0.2) is 4.39 Å². The summed E-state index contributed by atoms with van der Waals surface area (Å²) in [5.74, 6) is -0.253. The summed E-state index contributed by atoms with van der Waals surface area (Å²) in [7, 11) is 0. The molecule has 1 aromatic rings. The van der Waals surface area contributed by atoms with Crippen molar-refractivity contribution in [2.75, 3.05) is 6.54 Å². The van der Waals surface area contributed by atoms with E-state index in [2.05, 4.69) is 10.6 Å². The molecule has 0 aliphatic heterocycles. The van der Waals surface area contributed by atoms with E-state index in [1.807, 2.05) is 0 Å². The number of rotatable bonds is 5. The van der Waals surface area contributed by atoms with E-state index in [9.17, 15) is 9.18 Å². The van der Waals surface area contributed by atoms with Gasteiger partial charge in [0.2, 0.25) is 5.91 Å². The Kier molecular flexibility index (Phi) is 3.51. The molecule has 3 nitrogen and oxygen atoms in total. The maximum atomic E-state index is 13.2. The first-order valence-electron chi connectivity index (χ1n) is 5.49. The maximum Gasteiger partial charge on any atom is 0.234 e. The second-order valence-corrected chi connectivity index (χ2v) is 4.04. The van der Waals surface area contributed by atoms with Crippen molar-refractivity contribution in [1.29, 1.82) is 0 Å². The molecule has 4 heteroatoms. The zero-order valence-electron chi connectivity index (χ0n) is 9.00. The minimum Gasteiger partial charge on any atom is -0.352 e. The predicted octanol–water partition coefficient (Wildman–Crippen LogP) is 1.19. The van der Waals surface area contributed by atoms with Gasteiger partial charge in [0.15, 0.2) is 0 Å². The van der Waals surface area contributed by atoms with Crippen LogP contribution >= 0.6 is 0 Å². The molecule has 1 aliphatic rings. The van der Waals surface area contributed by atoms with E-state index in [0.717, 1.165) is 12.8 Å². The lowest BCUT2D eigenvalue weighted by Gasteiger charge is -2.06. The standard InChI is InChI=1S/C12H15FN2O/c13-11-4-2-1-3-9(11)7-14-8-12(16)15-10-5-6-10/h1-4,10,14H,5-8H2,(H,15,16). The summed E-state index contributed by atoms with van der Waals surface area (Å²) in [6.07, 6.45) is 2.16. The average Bonchev–Trinajstić information content (AvgIpc) is 3.05. The zero-order valence-corrected chi connectivity index (χ0v) is 9.00. The van der Waals surface area contributed by atoms with Gasteiger partial charge in [-0.05, 0) is 18.9 Å². The average molecular weight is 222 g/mol. The molecule has 0 saturated heterocycles. The van der Waals surface area contributed by atoms with Crippen molar-refractivity contribution in [3.8, 4) is 0 Å². The molecule has 0 aromatic heterocycles. The number of nitrogens with one attached hydrogen (secondary N) is 2. The second-order valence-electron chi connectivity index (χ2n) is 4.04. The lowest BCUT2D eigenvalue weighted by atomic mass is 10.2. The van der Waals surface area contributed by atoms with E-state index in [4.69, 9.17) is 0 Å². The van der Waals surface area contributed by atoms with Crippen molar-refractivity contribution >= 4 is 5.91 Å². The highest BCUT2D eigenvalue weighted by atomic mass is 19.1. The number of benzene rings is 1. The molecule has 1 aliphatic carbocycles. The van der Waals surface area contributed by atoms with Crippen molar-refractivity contribution in [2.45, 2.75) is 25.4 Å². The van der Waals surface area contributed by atoms with Crippen molar-refractivity contribution in [3.05, 3.63) is 35.6 Å². The first kappa shape index (κ1) is 11.1. The minimum atomic E-state index is -0.238. The largest absolute Gasteiger partial charge is 0.352 e. The van der Waals surface area contributed by atoms with Crippen molar-refractivity contribution < 1.29 is 9.18 Å². The third-order valence-corrected chi connectivity index (χ3v) is 2.50. The van der Waals surface area contributed by atoms with E-state index in [0.29, 0.717) is 18.2 Å². The second kappa shape index (κ2) is 5.07. The zero-order chi connectivity index (χ0) is 11.4. The molecular weight excluding hydrogens is 207 g/mol. The van der Waals surface area contributed by atoms with Crippen LogP contribution < -0.4 is 10.6 Å². The maximum absolute atomic E-state index is 13.2. The Bertz CT molecular complexity index is 377. The van der Waals surface area contributed by atoms with E-state index in [1.165, 1.54) is 6.07 Å². The van der Waals surface area contributed by atoms with Gasteiger partial charge in [0.1, 0.15) is 5.82 Å². The molecule has 16 heavy (non-hydrogen) atoms. The highest BCUT2D eigenvalue weighted by Crippen LogP contribution is 2.18. The third kappa shape index (κ3) is 3.31. The van der Waals surface area contributed by atoms with Crippen molar-refractivity contribution in [3.63, 3.8) is 0 Å². The Hall–Kier alpha value is -1.42. The molecule has 0 atom stereocenters. The Morgan fingerprint density at radius 3 is 2.81 bits per heavy atom. The lowest BCUT2D eigenvalue weighted by Crippen LogP contribution is -2.34. The Balaban J connectivity index is 1.70. The van der Waals surface area contributed by atoms with Crippen LogP contribution in [0.25, 0.3) is 0 Å². The van der Waals surface area contributed by atoms with Crippen LogP contribution in [0, 0.1) is 5.82 Å². The monoisotopic (exact) mass is 222 g/mol. The lowest BCUT2D eigenvalue weighted by molar-refractivity contribution is -0.120. The van der Waals surface area contributed by atoms with Gasteiger partial charge in [-0.15, -0.1) is 0 Å². The molecule has 2 N–H and O–H groups in total. The van der Waals surface area contributed by atoms with Gasteiger partial charge in [0, 0.05) is 18.2 Å². The van der Waals surface area contributed by atoms with Crippen LogP contribution in [0.3, 0.4) is 0 Å². The van der Waals surface area contributed by atoms with Crippen LogP contribution in [-0.4, -0.2) is 18.5 Å². The van der Waals surface area contributed by atoms with E-state index >= 15 is 0 Å². The topological polar surface area (TPSA) is 41.1 Å². The molecule has 0 bridgehead atoms. The Morgan fingerprint density at radius 2 is 2.12 bits per heavy atom. The summed E-state index contributed by atoms with van der Waals surface area (Å²) in [5, 5.41) is 5.78. The van der Waals surface area contributed by atoms with Gasteiger partial charge in [-0.1, -0.05) is 18.2 Å². The van der Waals surface area contributed by atoms with Crippen molar-refractivity contribution in [1.82, 2.24) is 10.6 Å². The van der Waals surface area contributed by atoms with E-state index in [1.54, 1.807) is 18.2 Å². The number of hydrogen-bond donors (Lipinski definition) is 2. The summed E-state index contributed by atoms with van der Waals surface area (Å²) < 4.78 is 13.2. The van der Waals surface area contributed by atoms with Gasteiger partial charge in [0.25, 0.3) is 0 Å². The summed E-state index contributed by atoms with van der Waals surface area (Å²) >= 11 is 0. The first-order valence-corrected chi connectivity index (χ1v) is 5.49. The molecule has 0 spiro atoms. The fourth-order valence-electron chi connectivity index (χ4n) is 1.46. The highest BCUT2D eigenvalue weighted by molar-refractivity contribution is 5.78. The quantitative estimate of drug-likeness (QED) is 0.785. The van der Waals surface area contributed by atoms with Crippen LogP contribution in [0.2, 0.25) is 0 Å². The number of carbonyl (C=O) groups excluding carboxylic acids is 1. The number of halogens is 1. The molecule has 0 radical (unpaired) electrons. The summed E-state index contributed by atoms with van der Waals surface area (Å²) in [4.78, 5) is 11.3. The number of hydrogen-bond acceptors (Lipinski definition) is 2. The van der Waals surface area contributed by atoms with E-state index < -0.39 is 0 Å². The molecule has 1 fully saturated rings. The van der Waals surface area contributed by atoms with Crippen LogP contribution in [-0.2, 0) is 11.3 Å². The highest BCUT2D eigenvalue weighted by Gasteiger charge is 2.22. The molecule has 2 rings (SSSR count). The predicted molar refractivity (Wildman–Crippen MR) is 59.3 cm³/mol. The Morgan fingerprint density at radius 1 is 1.38 bits per heavy atom. The third-order valence-electron chi connectivity index (χ3n) is 2.50. The van der Waals surface area contributed by atoms with Gasteiger partial charge in [-0.3, -0.25) is 4.79 Å². The van der Waals surface area contributed by atoms with Crippen LogP contribution in [0.5, 0.6) is 0 Å². The number of amides is 1. The fraction of sp³-hybridized carbons (Fsp3) is 0.417. The molecular formula is C12H15FN2O. The molecule has 1 amide bonds. The summed E-state index contributed by atoms with van der Waals surface area (Å²) in [5.41, 5.74) is 0.585. The fourth-order valence-corrected chi connectivity index (χ4v) is 1.46. The van der Waals surface area contributed by atoms with Crippen LogP contribution in [0.4, 0.5) is 4.39 Å². The molecule has 1 aromatic carbocycles. The first-order chi connectivity index (χ1) is 7.75. The van der Waals surface area contributed by atoms with Gasteiger partial charge < -0.3 is 10.6 Å². The number of carbonyl (C=O) groups is 1. The molecule has 0 heterocycles. The van der Waals surface area contributed by atoms with E-state index in [-0.39, 0.29) is 18.3 Å². The van der Waals surface area contributed by atoms with Gasteiger partial charge >= 0.3 is 0 Å². The molecule has 86 valence electrons. The SMILES string of the molecule is O=C(CNCc1ccccc1F)NC1CC1. The summed E-state index contributed by atoms with van der Waals surface area (Å²) in [6, 6.07) is 6.94. The van der Waals surface area contributed by atoms with Crippen LogP contribution in [0.15, 0.2) is 24.3 Å². The van der Waals surface area contributed by atoms with Crippen molar-refractivity contribution in [2.24, 2.45) is 0 Å². The minimum absolute atomic E-state index is 0.0150. The molecule has 0 unspecified atom stereocenters. The normalized spacial score (nSPS) is 14.8. The summed E-state index contributed by atoms with van der Waals surface area (Å²) in [6.45, 7) is 0.621. The molecule has 1 saturated carbocycles.